The van der Waals surface area contributed by atoms with Crippen molar-refractivity contribution in [3.8, 4) is 17.4 Å². The van der Waals surface area contributed by atoms with Gasteiger partial charge in [-0.3, -0.25) is 0 Å². The molecule has 0 fully saturated rings. The molecule has 0 N–H and O–H groups in total. The fourth-order valence-electron chi connectivity index (χ4n) is 1.13. The van der Waals surface area contributed by atoms with Crippen molar-refractivity contribution < 1.29 is 4.52 Å². The van der Waals surface area contributed by atoms with E-state index >= 15 is 0 Å². The molecule has 14 heavy (non-hydrogen) atoms. The number of hydrogen-bond donors (Lipinski definition) is 0. The average molecular weight is 205 g/mol. The average Bonchev–Trinajstić information content (AvgIpc) is 2.67. The number of halogens is 1. The van der Waals surface area contributed by atoms with E-state index in [1.165, 1.54) is 6.20 Å². The lowest BCUT2D eigenvalue weighted by molar-refractivity contribution is 0.432. The SMILES string of the molecule is N#Cc1cnoc1-c1ccc(Cl)cc1. The summed E-state index contributed by atoms with van der Waals surface area (Å²) in [4.78, 5) is 0. The summed E-state index contributed by atoms with van der Waals surface area (Å²) in [5, 5.41) is 13.0. The Kier molecular flexibility index (Phi) is 2.21. The van der Waals surface area contributed by atoms with Gasteiger partial charge in [0, 0.05) is 10.6 Å². The molecule has 1 aromatic heterocycles. The van der Waals surface area contributed by atoms with Crippen LogP contribution in [0.2, 0.25) is 5.02 Å². The van der Waals surface area contributed by atoms with Gasteiger partial charge in [0.05, 0.1) is 6.20 Å². The minimum Gasteiger partial charge on any atom is -0.355 e. The first-order valence-electron chi connectivity index (χ1n) is 3.92. The van der Waals surface area contributed by atoms with Gasteiger partial charge in [-0.05, 0) is 24.3 Å². The lowest BCUT2D eigenvalue weighted by Crippen LogP contribution is -1.77. The van der Waals surface area contributed by atoms with E-state index in [1.54, 1.807) is 24.3 Å². The highest BCUT2D eigenvalue weighted by molar-refractivity contribution is 6.30. The topological polar surface area (TPSA) is 49.8 Å². The lowest BCUT2D eigenvalue weighted by Gasteiger charge is -1.95. The molecule has 0 radical (unpaired) electrons. The van der Waals surface area contributed by atoms with Crippen molar-refractivity contribution in [3.63, 3.8) is 0 Å². The molecular formula is C10H5ClN2O. The first-order chi connectivity index (χ1) is 6.81. The van der Waals surface area contributed by atoms with Crippen molar-refractivity contribution in [1.29, 1.82) is 5.26 Å². The zero-order valence-corrected chi connectivity index (χ0v) is 7.82. The number of rotatable bonds is 1. The second-order valence-corrected chi connectivity index (χ2v) is 3.12. The molecule has 0 aliphatic heterocycles. The van der Waals surface area contributed by atoms with Crippen LogP contribution in [-0.4, -0.2) is 5.16 Å². The summed E-state index contributed by atoms with van der Waals surface area (Å²) in [6, 6.07) is 9.04. The number of nitriles is 1. The highest BCUT2D eigenvalue weighted by Crippen LogP contribution is 2.24. The second kappa shape index (κ2) is 3.52. The minimum atomic E-state index is 0.423. The Morgan fingerprint density at radius 2 is 2.00 bits per heavy atom. The van der Waals surface area contributed by atoms with Crippen LogP contribution in [0.25, 0.3) is 11.3 Å². The normalized spacial score (nSPS) is 9.71. The van der Waals surface area contributed by atoms with Crippen molar-refractivity contribution >= 4 is 11.6 Å². The molecule has 68 valence electrons. The molecule has 0 unspecified atom stereocenters. The number of benzene rings is 1. The summed E-state index contributed by atoms with van der Waals surface area (Å²) < 4.78 is 4.97. The molecule has 4 heteroatoms. The minimum absolute atomic E-state index is 0.423. The fraction of sp³-hybridized carbons (Fsp3) is 0. The Bertz CT molecular complexity index is 482. The van der Waals surface area contributed by atoms with Gasteiger partial charge in [0.25, 0.3) is 0 Å². The Hall–Kier alpha value is -1.79. The Morgan fingerprint density at radius 3 is 2.64 bits per heavy atom. The molecule has 0 saturated carbocycles. The van der Waals surface area contributed by atoms with E-state index in [0.717, 1.165) is 5.56 Å². The Labute approximate surface area is 85.5 Å². The largest absolute Gasteiger partial charge is 0.355 e. The monoisotopic (exact) mass is 204 g/mol. The molecule has 0 saturated heterocycles. The predicted molar refractivity (Wildman–Crippen MR) is 51.7 cm³/mol. The quantitative estimate of drug-likeness (QED) is 0.718. The van der Waals surface area contributed by atoms with E-state index in [1.807, 2.05) is 6.07 Å². The van der Waals surface area contributed by atoms with Gasteiger partial charge >= 0.3 is 0 Å². The van der Waals surface area contributed by atoms with Crippen LogP contribution >= 0.6 is 11.6 Å². The summed E-state index contributed by atoms with van der Waals surface area (Å²) in [7, 11) is 0. The summed E-state index contributed by atoms with van der Waals surface area (Å²) >= 11 is 5.74. The smallest absolute Gasteiger partial charge is 0.184 e. The van der Waals surface area contributed by atoms with E-state index in [2.05, 4.69) is 5.16 Å². The summed E-state index contributed by atoms with van der Waals surface area (Å²) in [6.07, 6.45) is 1.39. The third-order valence-electron chi connectivity index (χ3n) is 1.80. The van der Waals surface area contributed by atoms with E-state index < -0.39 is 0 Å². The van der Waals surface area contributed by atoms with Gasteiger partial charge in [-0.1, -0.05) is 16.8 Å². The standard InChI is InChI=1S/C10H5ClN2O/c11-9-3-1-7(2-4-9)10-8(5-12)6-13-14-10/h1-4,6H. The molecule has 2 rings (SSSR count). The van der Waals surface area contributed by atoms with Crippen LogP contribution in [0.3, 0.4) is 0 Å². The summed E-state index contributed by atoms with van der Waals surface area (Å²) in [5.41, 5.74) is 1.22. The maximum Gasteiger partial charge on any atom is 0.184 e. The van der Waals surface area contributed by atoms with Crippen LogP contribution in [0, 0.1) is 11.3 Å². The molecule has 1 heterocycles. The summed E-state index contributed by atoms with van der Waals surface area (Å²) in [6.45, 7) is 0. The van der Waals surface area contributed by atoms with Crippen molar-refractivity contribution in [2.45, 2.75) is 0 Å². The van der Waals surface area contributed by atoms with Gasteiger partial charge in [-0.2, -0.15) is 5.26 Å². The van der Waals surface area contributed by atoms with Crippen LogP contribution < -0.4 is 0 Å². The molecular weight excluding hydrogens is 200 g/mol. The van der Waals surface area contributed by atoms with Crippen molar-refractivity contribution in [3.05, 3.63) is 41.0 Å². The third-order valence-corrected chi connectivity index (χ3v) is 2.05. The van der Waals surface area contributed by atoms with Crippen molar-refractivity contribution in [1.82, 2.24) is 5.16 Å². The van der Waals surface area contributed by atoms with Gasteiger partial charge in [0.1, 0.15) is 11.6 Å². The summed E-state index contributed by atoms with van der Waals surface area (Å²) in [5.74, 6) is 0.476. The molecule has 0 atom stereocenters. The van der Waals surface area contributed by atoms with Crippen LogP contribution in [0.15, 0.2) is 35.0 Å². The fourth-order valence-corrected chi connectivity index (χ4v) is 1.25. The number of nitrogens with zero attached hydrogens (tertiary/aromatic N) is 2. The Balaban J connectivity index is 2.50. The van der Waals surface area contributed by atoms with E-state index in [9.17, 15) is 0 Å². The zero-order chi connectivity index (χ0) is 9.97. The molecule has 3 nitrogen and oxygen atoms in total. The van der Waals surface area contributed by atoms with Crippen LogP contribution in [0.4, 0.5) is 0 Å². The maximum absolute atomic E-state index is 8.75. The molecule has 0 amide bonds. The van der Waals surface area contributed by atoms with Gasteiger partial charge < -0.3 is 4.52 Å². The van der Waals surface area contributed by atoms with Crippen LogP contribution in [0.1, 0.15) is 5.56 Å². The molecule has 0 aliphatic rings. The highest BCUT2D eigenvalue weighted by Gasteiger charge is 2.09. The van der Waals surface area contributed by atoms with Gasteiger partial charge in [-0.15, -0.1) is 0 Å². The number of hydrogen-bond acceptors (Lipinski definition) is 3. The third kappa shape index (κ3) is 1.48. The second-order valence-electron chi connectivity index (χ2n) is 2.69. The van der Waals surface area contributed by atoms with Crippen molar-refractivity contribution in [2.75, 3.05) is 0 Å². The van der Waals surface area contributed by atoms with Gasteiger partial charge in [0.2, 0.25) is 0 Å². The molecule has 0 bridgehead atoms. The molecule has 0 spiro atoms. The molecule has 1 aromatic carbocycles. The van der Waals surface area contributed by atoms with Gasteiger partial charge in [-0.25, -0.2) is 0 Å². The van der Waals surface area contributed by atoms with Crippen LogP contribution in [-0.2, 0) is 0 Å². The first-order valence-corrected chi connectivity index (χ1v) is 4.30. The zero-order valence-electron chi connectivity index (χ0n) is 7.07. The molecule has 2 aromatic rings. The van der Waals surface area contributed by atoms with E-state index in [-0.39, 0.29) is 0 Å². The lowest BCUT2D eigenvalue weighted by atomic mass is 10.1. The highest BCUT2D eigenvalue weighted by atomic mass is 35.5. The first kappa shape index (κ1) is 8.79. The molecule has 0 aliphatic carbocycles. The van der Waals surface area contributed by atoms with E-state index in [0.29, 0.717) is 16.3 Å². The maximum atomic E-state index is 8.75. The van der Waals surface area contributed by atoms with Crippen LogP contribution in [0.5, 0.6) is 0 Å². The van der Waals surface area contributed by atoms with E-state index in [4.69, 9.17) is 21.4 Å². The van der Waals surface area contributed by atoms with Crippen molar-refractivity contribution in [2.24, 2.45) is 0 Å². The van der Waals surface area contributed by atoms with Gasteiger partial charge in [0.15, 0.2) is 5.76 Å². The Morgan fingerprint density at radius 1 is 1.29 bits per heavy atom. The predicted octanol–water partition coefficient (Wildman–Crippen LogP) is 2.87. The number of aromatic nitrogens is 1.